The third-order valence-electron chi connectivity index (χ3n) is 2.24. The molecule has 2 aromatic rings. The lowest BCUT2D eigenvalue weighted by molar-refractivity contribution is 0.196. The van der Waals surface area contributed by atoms with Crippen molar-refractivity contribution in [2.24, 2.45) is 0 Å². The topological polar surface area (TPSA) is 36.0 Å². The molecule has 0 fully saturated rings. The van der Waals surface area contributed by atoms with E-state index >= 15 is 0 Å². The van der Waals surface area contributed by atoms with Gasteiger partial charge in [0.25, 0.3) is 0 Å². The largest absolute Gasteiger partial charge is 0.393 e. The third-order valence-corrected chi connectivity index (χ3v) is 2.48. The Labute approximate surface area is 87.5 Å². The van der Waals surface area contributed by atoms with Gasteiger partial charge in [-0.15, -0.1) is 0 Å². The van der Waals surface area contributed by atoms with Gasteiger partial charge < -0.3 is 10.1 Å². The second-order valence-electron chi connectivity index (χ2n) is 3.56. The number of aromatic amines is 1. The van der Waals surface area contributed by atoms with Crippen LogP contribution in [0.2, 0.25) is 5.02 Å². The van der Waals surface area contributed by atoms with Gasteiger partial charge in [-0.3, -0.25) is 0 Å². The highest BCUT2D eigenvalue weighted by molar-refractivity contribution is 6.31. The normalized spacial score (nSPS) is 13.4. The molecule has 0 saturated carbocycles. The number of benzene rings is 1. The first-order chi connectivity index (χ1) is 6.66. The summed E-state index contributed by atoms with van der Waals surface area (Å²) in [4.78, 5) is 3.15. The third kappa shape index (κ3) is 1.76. The van der Waals surface area contributed by atoms with E-state index in [-0.39, 0.29) is 6.10 Å². The molecule has 0 amide bonds. The first kappa shape index (κ1) is 9.56. The number of aliphatic hydroxyl groups excluding tert-OH is 1. The number of H-pyrrole nitrogens is 1. The van der Waals surface area contributed by atoms with Crippen molar-refractivity contribution < 1.29 is 5.11 Å². The zero-order valence-corrected chi connectivity index (χ0v) is 8.67. The highest BCUT2D eigenvalue weighted by Crippen LogP contribution is 2.23. The molecule has 2 N–H and O–H groups in total. The number of nitrogens with one attached hydrogen (secondary N) is 1. The van der Waals surface area contributed by atoms with E-state index in [0.29, 0.717) is 6.42 Å². The van der Waals surface area contributed by atoms with E-state index < -0.39 is 0 Å². The summed E-state index contributed by atoms with van der Waals surface area (Å²) in [7, 11) is 0. The number of fused-ring (bicyclic) bond motifs is 1. The van der Waals surface area contributed by atoms with E-state index in [2.05, 4.69) is 4.98 Å². The van der Waals surface area contributed by atoms with Gasteiger partial charge in [0.1, 0.15) is 0 Å². The predicted molar refractivity (Wildman–Crippen MR) is 58.7 cm³/mol. The van der Waals surface area contributed by atoms with Crippen LogP contribution in [-0.4, -0.2) is 16.2 Å². The fourth-order valence-electron chi connectivity index (χ4n) is 1.64. The van der Waals surface area contributed by atoms with Crippen LogP contribution in [0.25, 0.3) is 10.9 Å². The summed E-state index contributed by atoms with van der Waals surface area (Å²) in [6.45, 7) is 1.78. The summed E-state index contributed by atoms with van der Waals surface area (Å²) >= 11 is 5.91. The van der Waals surface area contributed by atoms with Crippen molar-refractivity contribution >= 4 is 22.5 Å². The van der Waals surface area contributed by atoms with Crippen molar-refractivity contribution in [2.75, 3.05) is 0 Å². The van der Waals surface area contributed by atoms with E-state index in [1.807, 2.05) is 24.4 Å². The molecule has 74 valence electrons. The number of aromatic nitrogens is 1. The standard InChI is InChI=1S/C11H12ClNO/c1-7(14)4-8-6-13-11-3-2-9(12)5-10(8)11/h2-3,5-7,13-14H,4H2,1H3. The SMILES string of the molecule is CC(O)Cc1c[nH]c2ccc(Cl)cc12. The quantitative estimate of drug-likeness (QED) is 0.784. The molecular weight excluding hydrogens is 198 g/mol. The summed E-state index contributed by atoms with van der Waals surface area (Å²) < 4.78 is 0. The van der Waals surface area contributed by atoms with E-state index in [1.165, 1.54) is 0 Å². The Morgan fingerprint density at radius 1 is 1.50 bits per heavy atom. The molecule has 0 saturated heterocycles. The molecule has 0 aliphatic rings. The molecule has 0 bridgehead atoms. The van der Waals surface area contributed by atoms with Crippen LogP contribution in [0.3, 0.4) is 0 Å². The molecule has 1 atom stereocenters. The summed E-state index contributed by atoms with van der Waals surface area (Å²) in [5.41, 5.74) is 2.17. The van der Waals surface area contributed by atoms with E-state index in [9.17, 15) is 5.11 Å². The van der Waals surface area contributed by atoms with Gasteiger partial charge in [-0.2, -0.15) is 0 Å². The van der Waals surface area contributed by atoms with Crippen molar-refractivity contribution in [1.29, 1.82) is 0 Å². The van der Waals surface area contributed by atoms with Crippen LogP contribution in [0.5, 0.6) is 0 Å². The molecule has 14 heavy (non-hydrogen) atoms. The van der Waals surface area contributed by atoms with Crippen molar-refractivity contribution in [3.63, 3.8) is 0 Å². The first-order valence-corrected chi connectivity index (χ1v) is 4.98. The molecule has 0 radical (unpaired) electrons. The van der Waals surface area contributed by atoms with Crippen LogP contribution in [0.4, 0.5) is 0 Å². The summed E-state index contributed by atoms with van der Waals surface area (Å²) in [6.07, 6.45) is 2.25. The van der Waals surface area contributed by atoms with E-state index in [0.717, 1.165) is 21.5 Å². The smallest absolute Gasteiger partial charge is 0.0553 e. The minimum Gasteiger partial charge on any atom is -0.393 e. The average molecular weight is 210 g/mol. The number of hydrogen-bond acceptors (Lipinski definition) is 1. The summed E-state index contributed by atoms with van der Waals surface area (Å²) in [5, 5.41) is 11.1. The molecule has 0 spiro atoms. The molecule has 2 rings (SSSR count). The highest BCUT2D eigenvalue weighted by Gasteiger charge is 2.06. The van der Waals surface area contributed by atoms with Gasteiger partial charge in [0.2, 0.25) is 0 Å². The van der Waals surface area contributed by atoms with E-state index in [1.54, 1.807) is 6.92 Å². The van der Waals surface area contributed by atoms with Crippen LogP contribution in [0.15, 0.2) is 24.4 Å². The lowest BCUT2D eigenvalue weighted by atomic mass is 10.1. The monoisotopic (exact) mass is 209 g/mol. The highest BCUT2D eigenvalue weighted by atomic mass is 35.5. The Hall–Kier alpha value is -0.990. The van der Waals surface area contributed by atoms with Gasteiger partial charge in [0, 0.05) is 28.5 Å². The maximum absolute atomic E-state index is 9.31. The zero-order valence-electron chi connectivity index (χ0n) is 7.92. The molecule has 0 aliphatic heterocycles. The molecule has 0 aliphatic carbocycles. The molecular formula is C11H12ClNO. The molecule has 1 unspecified atom stereocenters. The minimum absolute atomic E-state index is 0.326. The van der Waals surface area contributed by atoms with Crippen LogP contribution in [0, 0.1) is 0 Å². The van der Waals surface area contributed by atoms with Gasteiger partial charge in [0.15, 0.2) is 0 Å². The number of rotatable bonds is 2. The van der Waals surface area contributed by atoms with Gasteiger partial charge in [-0.1, -0.05) is 11.6 Å². The van der Waals surface area contributed by atoms with E-state index in [4.69, 9.17) is 11.6 Å². The minimum atomic E-state index is -0.326. The molecule has 3 heteroatoms. The van der Waals surface area contributed by atoms with Gasteiger partial charge >= 0.3 is 0 Å². The second kappa shape index (κ2) is 3.64. The first-order valence-electron chi connectivity index (χ1n) is 4.60. The Kier molecular flexibility index (Phi) is 2.48. The average Bonchev–Trinajstić information content (AvgIpc) is 2.47. The van der Waals surface area contributed by atoms with Crippen molar-refractivity contribution in [1.82, 2.24) is 4.98 Å². The summed E-state index contributed by atoms with van der Waals surface area (Å²) in [5.74, 6) is 0. The predicted octanol–water partition coefficient (Wildman–Crippen LogP) is 2.74. The second-order valence-corrected chi connectivity index (χ2v) is 3.99. The lowest BCUT2D eigenvalue weighted by Gasteiger charge is -2.02. The Morgan fingerprint density at radius 2 is 2.29 bits per heavy atom. The number of aliphatic hydroxyl groups is 1. The fourth-order valence-corrected chi connectivity index (χ4v) is 1.81. The fraction of sp³-hybridized carbons (Fsp3) is 0.273. The van der Waals surface area contributed by atoms with Crippen molar-refractivity contribution in [3.05, 3.63) is 35.0 Å². The summed E-state index contributed by atoms with van der Waals surface area (Å²) in [6, 6.07) is 5.72. The van der Waals surface area contributed by atoms with Gasteiger partial charge in [-0.25, -0.2) is 0 Å². The maximum Gasteiger partial charge on any atom is 0.0553 e. The van der Waals surface area contributed by atoms with Crippen molar-refractivity contribution in [2.45, 2.75) is 19.4 Å². The lowest BCUT2D eigenvalue weighted by Crippen LogP contribution is -2.03. The van der Waals surface area contributed by atoms with Crippen LogP contribution in [0.1, 0.15) is 12.5 Å². The molecule has 2 nitrogen and oxygen atoms in total. The zero-order chi connectivity index (χ0) is 10.1. The van der Waals surface area contributed by atoms with Crippen LogP contribution >= 0.6 is 11.6 Å². The Morgan fingerprint density at radius 3 is 3.00 bits per heavy atom. The molecule has 1 aromatic heterocycles. The van der Waals surface area contributed by atoms with Crippen LogP contribution < -0.4 is 0 Å². The maximum atomic E-state index is 9.31. The molecule has 1 aromatic carbocycles. The number of halogens is 1. The molecule has 1 heterocycles. The van der Waals surface area contributed by atoms with Crippen LogP contribution in [-0.2, 0) is 6.42 Å². The van der Waals surface area contributed by atoms with Gasteiger partial charge in [-0.05, 0) is 30.7 Å². The van der Waals surface area contributed by atoms with Gasteiger partial charge in [0.05, 0.1) is 6.10 Å². The number of hydrogen-bond donors (Lipinski definition) is 2. The Balaban J connectivity index is 2.50. The van der Waals surface area contributed by atoms with Crippen molar-refractivity contribution in [3.8, 4) is 0 Å². The Bertz CT molecular complexity index is 447.